The van der Waals surface area contributed by atoms with Crippen molar-refractivity contribution in [1.29, 1.82) is 0 Å². The van der Waals surface area contributed by atoms with E-state index in [0.29, 0.717) is 20.8 Å². The first kappa shape index (κ1) is 16.6. The minimum absolute atomic E-state index is 0.227. The van der Waals surface area contributed by atoms with Crippen molar-refractivity contribution in [2.24, 2.45) is 0 Å². The van der Waals surface area contributed by atoms with E-state index in [1.165, 1.54) is 12.1 Å². The lowest BCUT2D eigenvalue weighted by Crippen LogP contribution is -2.34. The SMILES string of the molecule is O=C(NCc1ccc(Cl)cc1)C(=O)Nc1ccc(Cl)c(Cl)c1. The van der Waals surface area contributed by atoms with Gasteiger partial charge in [-0.1, -0.05) is 46.9 Å². The summed E-state index contributed by atoms with van der Waals surface area (Å²) >= 11 is 17.4. The molecule has 0 spiro atoms. The lowest BCUT2D eigenvalue weighted by atomic mass is 10.2. The van der Waals surface area contributed by atoms with E-state index in [0.717, 1.165) is 5.56 Å². The van der Waals surface area contributed by atoms with E-state index in [1.54, 1.807) is 30.3 Å². The highest BCUT2D eigenvalue weighted by Crippen LogP contribution is 2.24. The van der Waals surface area contributed by atoms with Gasteiger partial charge in [-0.2, -0.15) is 0 Å². The molecule has 0 aliphatic rings. The Bertz CT molecular complexity index is 702. The molecule has 2 aromatic rings. The number of carbonyl (C=O) groups is 2. The molecule has 0 fully saturated rings. The Morgan fingerprint density at radius 1 is 0.864 bits per heavy atom. The third-order valence-electron chi connectivity index (χ3n) is 2.75. The minimum Gasteiger partial charge on any atom is -0.344 e. The Hall–Kier alpha value is -1.75. The summed E-state index contributed by atoms with van der Waals surface area (Å²) in [5.74, 6) is -1.53. The van der Waals surface area contributed by atoms with Gasteiger partial charge in [0, 0.05) is 17.3 Å². The molecule has 2 amide bonds. The van der Waals surface area contributed by atoms with Gasteiger partial charge in [-0.05, 0) is 35.9 Å². The molecule has 114 valence electrons. The fraction of sp³-hybridized carbons (Fsp3) is 0.0667. The Labute approximate surface area is 142 Å². The first-order chi connectivity index (χ1) is 10.5. The fourth-order valence-electron chi connectivity index (χ4n) is 1.63. The van der Waals surface area contributed by atoms with E-state index < -0.39 is 11.8 Å². The summed E-state index contributed by atoms with van der Waals surface area (Å²) in [5.41, 5.74) is 1.22. The first-order valence-electron chi connectivity index (χ1n) is 6.24. The van der Waals surface area contributed by atoms with Crippen LogP contribution in [0.15, 0.2) is 42.5 Å². The molecule has 0 bridgehead atoms. The molecule has 0 heterocycles. The number of nitrogens with one attached hydrogen (secondary N) is 2. The Morgan fingerprint density at radius 3 is 2.18 bits per heavy atom. The predicted molar refractivity (Wildman–Crippen MR) is 88.4 cm³/mol. The number of hydrogen-bond acceptors (Lipinski definition) is 2. The van der Waals surface area contributed by atoms with Gasteiger partial charge >= 0.3 is 11.8 Å². The second kappa shape index (κ2) is 7.49. The second-order valence-electron chi connectivity index (χ2n) is 4.39. The van der Waals surface area contributed by atoms with Gasteiger partial charge in [0.05, 0.1) is 10.0 Å². The van der Waals surface area contributed by atoms with Crippen molar-refractivity contribution in [2.45, 2.75) is 6.54 Å². The zero-order chi connectivity index (χ0) is 16.1. The van der Waals surface area contributed by atoms with Gasteiger partial charge < -0.3 is 10.6 Å². The maximum absolute atomic E-state index is 11.8. The molecule has 22 heavy (non-hydrogen) atoms. The standard InChI is InChI=1S/C15H11Cl3N2O2/c16-10-3-1-9(2-4-10)8-19-14(21)15(22)20-11-5-6-12(17)13(18)7-11/h1-7H,8H2,(H,19,21)(H,20,22). The monoisotopic (exact) mass is 356 g/mol. The van der Waals surface area contributed by atoms with Gasteiger partial charge in [-0.3, -0.25) is 9.59 Å². The van der Waals surface area contributed by atoms with Crippen LogP contribution in [0, 0.1) is 0 Å². The van der Waals surface area contributed by atoms with Crippen LogP contribution >= 0.6 is 34.8 Å². The molecule has 0 aromatic heterocycles. The number of anilines is 1. The van der Waals surface area contributed by atoms with Gasteiger partial charge in [0.1, 0.15) is 0 Å². The summed E-state index contributed by atoms with van der Waals surface area (Å²) in [6.45, 7) is 0.227. The van der Waals surface area contributed by atoms with Crippen LogP contribution in [0.3, 0.4) is 0 Å². The van der Waals surface area contributed by atoms with Gasteiger partial charge in [0.2, 0.25) is 0 Å². The van der Waals surface area contributed by atoms with Crippen molar-refractivity contribution in [3.05, 3.63) is 63.1 Å². The third kappa shape index (κ3) is 4.63. The smallest absolute Gasteiger partial charge is 0.313 e. The lowest BCUT2D eigenvalue weighted by molar-refractivity contribution is -0.136. The largest absolute Gasteiger partial charge is 0.344 e. The maximum atomic E-state index is 11.8. The van der Waals surface area contributed by atoms with E-state index in [-0.39, 0.29) is 6.54 Å². The van der Waals surface area contributed by atoms with E-state index in [4.69, 9.17) is 34.8 Å². The Kier molecular flexibility index (Phi) is 5.66. The van der Waals surface area contributed by atoms with Gasteiger partial charge in [0.15, 0.2) is 0 Å². The van der Waals surface area contributed by atoms with Gasteiger partial charge in [-0.25, -0.2) is 0 Å². The second-order valence-corrected chi connectivity index (χ2v) is 5.64. The molecule has 0 aliphatic carbocycles. The van der Waals surface area contributed by atoms with Crippen LogP contribution in [0.2, 0.25) is 15.1 Å². The van der Waals surface area contributed by atoms with Crippen LogP contribution in [-0.2, 0) is 16.1 Å². The normalized spacial score (nSPS) is 10.1. The van der Waals surface area contributed by atoms with Crippen LogP contribution in [0.5, 0.6) is 0 Å². The van der Waals surface area contributed by atoms with E-state index >= 15 is 0 Å². The number of amides is 2. The van der Waals surface area contributed by atoms with Crippen molar-refractivity contribution in [3.63, 3.8) is 0 Å². The highest BCUT2D eigenvalue weighted by molar-refractivity contribution is 6.43. The highest BCUT2D eigenvalue weighted by atomic mass is 35.5. The number of rotatable bonds is 3. The first-order valence-corrected chi connectivity index (χ1v) is 7.38. The topological polar surface area (TPSA) is 58.2 Å². The predicted octanol–water partition coefficient (Wildman–Crippen LogP) is 3.90. The average molecular weight is 358 g/mol. The molecule has 2 aromatic carbocycles. The van der Waals surface area contributed by atoms with Crippen molar-refractivity contribution in [1.82, 2.24) is 5.32 Å². The number of halogens is 3. The van der Waals surface area contributed by atoms with Crippen LogP contribution in [0.1, 0.15) is 5.56 Å². The van der Waals surface area contributed by atoms with Gasteiger partial charge in [0.25, 0.3) is 0 Å². The van der Waals surface area contributed by atoms with E-state index in [1.807, 2.05) is 0 Å². The molecule has 0 atom stereocenters. The van der Waals surface area contributed by atoms with E-state index in [9.17, 15) is 9.59 Å². The average Bonchev–Trinajstić information content (AvgIpc) is 2.50. The molecule has 2 N–H and O–H groups in total. The summed E-state index contributed by atoms with van der Waals surface area (Å²) in [6.07, 6.45) is 0. The molecule has 0 radical (unpaired) electrons. The summed E-state index contributed by atoms with van der Waals surface area (Å²) < 4.78 is 0. The van der Waals surface area contributed by atoms with Crippen molar-refractivity contribution >= 4 is 52.3 Å². The summed E-state index contributed by atoms with van der Waals surface area (Å²) in [6, 6.07) is 11.5. The van der Waals surface area contributed by atoms with Crippen LogP contribution < -0.4 is 10.6 Å². The summed E-state index contributed by atoms with van der Waals surface area (Å²) in [5, 5.41) is 6.22. The van der Waals surface area contributed by atoms with Crippen molar-refractivity contribution in [2.75, 3.05) is 5.32 Å². The van der Waals surface area contributed by atoms with Gasteiger partial charge in [-0.15, -0.1) is 0 Å². The molecular formula is C15H11Cl3N2O2. The van der Waals surface area contributed by atoms with Crippen LogP contribution in [0.4, 0.5) is 5.69 Å². The zero-order valence-electron chi connectivity index (χ0n) is 11.2. The number of hydrogen-bond donors (Lipinski definition) is 2. The third-order valence-corrected chi connectivity index (χ3v) is 3.74. The number of benzene rings is 2. The molecule has 0 aliphatic heterocycles. The molecule has 0 saturated carbocycles. The highest BCUT2D eigenvalue weighted by Gasteiger charge is 2.13. The van der Waals surface area contributed by atoms with Crippen LogP contribution in [0.25, 0.3) is 0 Å². The molecular weight excluding hydrogens is 347 g/mol. The van der Waals surface area contributed by atoms with Crippen LogP contribution in [-0.4, -0.2) is 11.8 Å². The summed E-state index contributed by atoms with van der Waals surface area (Å²) in [4.78, 5) is 23.5. The molecule has 0 saturated heterocycles. The molecule has 0 unspecified atom stereocenters. The lowest BCUT2D eigenvalue weighted by Gasteiger charge is -2.07. The van der Waals surface area contributed by atoms with Crippen molar-refractivity contribution < 1.29 is 9.59 Å². The maximum Gasteiger partial charge on any atom is 0.313 e. The Balaban J connectivity index is 1.90. The Morgan fingerprint density at radius 2 is 1.55 bits per heavy atom. The van der Waals surface area contributed by atoms with E-state index in [2.05, 4.69) is 10.6 Å². The molecule has 2 rings (SSSR count). The fourth-order valence-corrected chi connectivity index (χ4v) is 2.05. The molecule has 7 heteroatoms. The quantitative estimate of drug-likeness (QED) is 0.819. The summed E-state index contributed by atoms with van der Waals surface area (Å²) in [7, 11) is 0. The molecule has 4 nitrogen and oxygen atoms in total. The number of carbonyl (C=O) groups excluding carboxylic acids is 2. The van der Waals surface area contributed by atoms with Crippen molar-refractivity contribution in [3.8, 4) is 0 Å². The minimum atomic E-state index is -0.785. The zero-order valence-corrected chi connectivity index (χ0v) is 13.5.